The smallest absolute Gasteiger partial charge is 0.258 e. The zero-order valence-electron chi connectivity index (χ0n) is 9.36. The van der Waals surface area contributed by atoms with Gasteiger partial charge in [0.15, 0.2) is 14.0 Å². The van der Waals surface area contributed by atoms with E-state index in [0.29, 0.717) is 11.1 Å². The summed E-state index contributed by atoms with van der Waals surface area (Å²) in [6, 6.07) is 8.70. The Morgan fingerprint density at radius 1 is 1.22 bits per heavy atom. The first-order valence-electron chi connectivity index (χ1n) is 4.92. The van der Waals surface area contributed by atoms with Crippen LogP contribution in [0, 0.1) is 10.1 Å². The topological polar surface area (TPSA) is 77.3 Å². The molecule has 1 aromatic carbocycles. The van der Waals surface area contributed by atoms with Crippen molar-refractivity contribution in [1.82, 2.24) is 0 Å². The number of rotatable bonds is 3. The predicted molar refractivity (Wildman–Crippen MR) is 69.5 cm³/mol. The highest BCUT2D eigenvalue weighted by molar-refractivity contribution is 7.92. The summed E-state index contributed by atoms with van der Waals surface area (Å²) in [5.74, 6) is 0. The van der Waals surface area contributed by atoms with E-state index in [1.165, 1.54) is 5.38 Å². The molecule has 5 nitrogen and oxygen atoms in total. The van der Waals surface area contributed by atoms with Gasteiger partial charge in [0.1, 0.15) is 0 Å². The molecule has 0 radical (unpaired) electrons. The summed E-state index contributed by atoms with van der Waals surface area (Å²) in [5.41, 5.74) is 0.634. The van der Waals surface area contributed by atoms with E-state index < -0.39 is 14.8 Å². The molecule has 1 aromatic heterocycles. The summed E-state index contributed by atoms with van der Waals surface area (Å²) in [7, 11) is -3.59. The molecular weight excluding hydrogens is 274 g/mol. The van der Waals surface area contributed by atoms with E-state index in [1.807, 2.05) is 0 Å². The first-order valence-corrected chi connectivity index (χ1v) is 7.69. The van der Waals surface area contributed by atoms with Gasteiger partial charge in [0.2, 0.25) is 0 Å². The number of hydrogen-bond donors (Lipinski definition) is 0. The molecule has 0 atom stereocenters. The van der Waals surface area contributed by atoms with Crippen LogP contribution in [0.2, 0.25) is 0 Å². The Morgan fingerprint density at radius 3 is 2.33 bits per heavy atom. The van der Waals surface area contributed by atoms with E-state index in [9.17, 15) is 18.5 Å². The van der Waals surface area contributed by atoms with Gasteiger partial charge < -0.3 is 0 Å². The molecule has 7 heteroatoms. The molecule has 18 heavy (non-hydrogen) atoms. The Labute approximate surface area is 108 Å². The number of benzene rings is 1. The second-order valence-electron chi connectivity index (χ2n) is 3.68. The molecule has 0 aliphatic carbocycles. The molecule has 94 valence electrons. The van der Waals surface area contributed by atoms with Gasteiger partial charge >= 0.3 is 5.69 Å². The lowest BCUT2D eigenvalue weighted by molar-refractivity contribution is -0.386. The number of sulfone groups is 1. The van der Waals surface area contributed by atoms with Crippen LogP contribution in [0.5, 0.6) is 0 Å². The lowest BCUT2D eigenvalue weighted by Gasteiger charge is -1.98. The maximum Gasteiger partial charge on any atom is 0.306 e. The fourth-order valence-corrected chi connectivity index (χ4v) is 3.74. The SMILES string of the molecule is CS(=O)(=O)c1scc(-c2ccccc2)c1[N+](=O)[O-]. The van der Waals surface area contributed by atoms with E-state index in [4.69, 9.17) is 0 Å². The quantitative estimate of drug-likeness (QED) is 0.641. The molecule has 1 heterocycles. The average molecular weight is 283 g/mol. The van der Waals surface area contributed by atoms with Crippen LogP contribution in [0.25, 0.3) is 11.1 Å². The minimum Gasteiger partial charge on any atom is -0.258 e. The number of hydrogen-bond acceptors (Lipinski definition) is 5. The van der Waals surface area contributed by atoms with E-state index in [1.54, 1.807) is 30.3 Å². The van der Waals surface area contributed by atoms with Crippen molar-refractivity contribution in [3.8, 4) is 11.1 Å². The molecule has 0 N–H and O–H groups in total. The summed E-state index contributed by atoms with van der Waals surface area (Å²) in [4.78, 5) is 10.4. The summed E-state index contributed by atoms with van der Waals surface area (Å²) in [6.07, 6.45) is 0.973. The standard InChI is InChI=1S/C11H9NO4S2/c1-18(15,16)11-10(12(13)14)9(7-17-11)8-5-3-2-4-6-8/h2-7H,1H3. The Bertz CT molecular complexity index is 689. The second-order valence-corrected chi connectivity index (χ2v) is 6.77. The number of nitro groups is 1. The van der Waals surface area contributed by atoms with Gasteiger partial charge in [-0.25, -0.2) is 8.42 Å². The Kier molecular flexibility index (Phi) is 3.18. The molecule has 0 fully saturated rings. The third-order valence-corrected chi connectivity index (χ3v) is 5.16. The van der Waals surface area contributed by atoms with Crippen molar-refractivity contribution in [1.29, 1.82) is 0 Å². The third kappa shape index (κ3) is 2.27. The van der Waals surface area contributed by atoms with Crippen molar-refractivity contribution in [2.24, 2.45) is 0 Å². The highest BCUT2D eigenvalue weighted by Crippen LogP contribution is 2.40. The van der Waals surface area contributed by atoms with Gasteiger partial charge in [0, 0.05) is 11.6 Å². The molecule has 0 aliphatic rings. The van der Waals surface area contributed by atoms with E-state index in [2.05, 4.69) is 0 Å². The summed E-state index contributed by atoms with van der Waals surface area (Å²) < 4.78 is 22.8. The molecule has 0 saturated heterocycles. The Balaban J connectivity index is 2.72. The number of nitrogens with zero attached hydrogens (tertiary/aromatic N) is 1. The van der Waals surface area contributed by atoms with Crippen LogP contribution in [0.15, 0.2) is 39.9 Å². The Morgan fingerprint density at radius 2 is 1.83 bits per heavy atom. The van der Waals surface area contributed by atoms with E-state index in [0.717, 1.165) is 17.6 Å². The molecule has 0 unspecified atom stereocenters. The minimum absolute atomic E-state index is 0.202. The number of thiophene rings is 1. The highest BCUT2D eigenvalue weighted by atomic mass is 32.2. The van der Waals surface area contributed by atoms with Crippen LogP contribution in [-0.2, 0) is 9.84 Å². The average Bonchev–Trinajstić information content (AvgIpc) is 2.74. The van der Waals surface area contributed by atoms with Crippen LogP contribution in [0.3, 0.4) is 0 Å². The fourth-order valence-electron chi connectivity index (χ4n) is 1.59. The molecule has 0 saturated carbocycles. The molecule has 2 aromatic rings. The summed E-state index contributed by atoms with van der Waals surface area (Å²) in [5, 5.41) is 12.6. The predicted octanol–water partition coefficient (Wildman–Crippen LogP) is 2.73. The largest absolute Gasteiger partial charge is 0.306 e. The highest BCUT2D eigenvalue weighted by Gasteiger charge is 2.29. The lowest BCUT2D eigenvalue weighted by atomic mass is 10.1. The maximum atomic E-state index is 11.5. The van der Waals surface area contributed by atoms with Crippen molar-refractivity contribution in [2.45, 2.75) is 4.21 Å². The van der Waals surface area contributed by atoms with Gasteiger partial charge in [-0.3, -0.25) is 10.1 Å². The summed E-state index contributed by atoms with van der Waals surface area (Å²) >= 11 is 0.877. The van der Waals surface area contributed by atoms with Crippen molar-refractivity contribution in [3.05, 3.63) is 45.8 Å². The van der Waals surface area contributed by atoms with Crippen LogP contribution in [0.4, 0.5) is 5.69 Å². The van der Waals surface area contributed by atoms with E-state index in [-0.39, 0.29) is 9.90 Å². The zero-order chi connectivity index (χ0) is 13.3. The lowest BCUT2D eigenvalue weighted by Crippen LogP contribution is -1.99. The third-order valence-electron chi connectivity index (χ3n) is 2.34. The normalized spacial score (nSPS) is 11.4. The molecule has 0 amide bonds. The van der Waals surface area contributed by atoms with Crippen molar-refractivity contribution >= 4 is 26.9 Å². The molecule has 0 bridgehead atoms. The van der Waals surface area contributed by atoms with Crippen molar-refractivity contribution < 1.29 is 13.3 Å². The monoisotopic (exact) mass is 283 g/mol. The molecule has 0 spiro atoms. The van der Waals surface area contributed by atoms with Gasteiger partial charge in [0.25, 0.3) is 0 Å². The first-order chi connectivity index (χ1) is 8.41. The van der Waals surface area contributed by atoms with Crippen molar-refractivity contribution in [2.75, 3.05) is 6.26 Å². The van der Waals surface area contributed by atoms with Crippen LogP contribution in [0.1, 0.15) is 0 Å². The molecule has 0 aliphatic heterocycles. The summed E-state index contributed by atoms with van der Waals surface area (Å²) in [6.45, 7) is 0. The van der Waals surface area contributed by atoms with E-state index >= 15 is 0 Å². The Hall–Kier alpha value is -1.73. The van der Waals surface area contributed by atoms with Gasteiger partial charge in [-0.05, 0) is 5.56 Å². The maximum absolute atomic E-state index is 11.5. The van der Waals surface area contributed by atoms with Crippen LogP contribution >= 0.6 is 11.3 Å². The van der Waals surface area contributed by atoms with Gasteiger partial charge in [0.05, 0.1) is 10.5 Å². The van der Waals surface area contributed by atoms with Gasteiger partial charge in [-0.15, -0.1) is 11.3 Å². The molecular formula is C11H9NO4S2. The first kappa shape index (κ1) is 12.7. The van der Waals surface area contributed by atoms with Gasteiger partial charge in [-0.1, -0.05) is 30.3 Å². The zero-order valence-corrected chi connectivity index (χ0v) is 11.0. The second kappa shape index (κ2) is 4.51. The van der Waals surface area contributed by atoms with Crippen LogP contribution < -0.4 is 0 Å². The van der Waals surface area contributed by atoms with Crippen molar-refractivity contribution in [3.63, 3.8) is 0 Å². The fraction of sp³-hybridized carbons (Fsp3) is 0.0909. The minimum atomic E-state index is -3.59. The van der Waals surface area contributed by atoms with Crippen LogP contribution in [-0.4, -0.2) is 19.6 Å². The molecule has 2 rings (SSSR count). The van der Waals surface area contributed by atoms with Gasteiger partial charge in [-0.2, -0.15) is 0 Å².